The largest absolute Gasteiger partial charge is 0.384 e. The molecule has 1 aromatic carbocycles. The third-order valence-electron chi connectivity index (χ3n) is 3.53. The lowest BCUT2D eigenvalue weighted by Crippen LogP contribution is -2.27. The van der Waals surface area contributed by atoms with Gasteiger partial charge in [-0.1, -0.05) is 19.9 Å². The molecule has 1 aromatic rings. The number of hydrogen-bond donors (Lipinski definition) is 3. The molecule has 4 nitrogen and oxygen atoms in total. The number of amides is 1. The second-order valence-corrected chi connectivity index (χ2v) is 5.23. The number of benzene rings is 1. The Hall–Kier alpha value is -1.55. The molecule has 0 bridgehead atoms. The zero-order valence-electron chi connectivity index (χ0n) is 12.3. The van der Waals surface area contributed by atoms with E-state index in [1.807, 2.05) is 25.1 Å². The third-order valence-corrected chi connectivity index (χ3v) is 3.53. The fraction of sp³-hybridized carbons (Fsp3) is 0.533. The van der Waals surface area contributed by atoms with E-state index < -0.39 is 0 Å². The maximum Gasteiger partial charge on any atom is 0.251 e. The minimum atomic E-state index is -0.0673. The van der Waals surface area contributed by atoms with Gasteiger partial charge in [0.05, 0.1) is 0 Å². The van der Waals surface area contributed by atoms with Crippen LogP contribution in [-0.4, -0.2) is 26.0 Å². The molecule has 4 N–H and O–H groups in total. The summed E-state index contributed by atoms with van der Waals surface area (Å²) in [7, 11) is 1.64. The van der Waals surface area contributed by atoms with E-state index in [4.69, 9.17) is 5.73 Å². The number of rotatable bonds is 6. The molecule has 0 heterocycles. The van der Waals surface area contributed by atoms with Crippen LogP contribution in [0.3, 0.4) is 0 Å². The molecule has 19 heavy (non-hydrogen) atoms. The maximum absolute atomic E-state index is 11.6. The number of nitrogens with two attached hydrogens (primary N) is 1. The SMILES string of the molecule is CNC(=O)c1ccc(C)c(NCC(CN)C(C)C)c1. The van der Waals surface area contributed by atoms with E-state index >= 15 is 0 Å². The highest BCUT2D eigenvalue weighted by Crippen LogP contribution is 2.18. The Balaban J connectivity index is 2.79. The molecule has 4 heteroatoms. The number of carbonyl (C=O) groups excluding carboxylic acids is 1. The molecule has 1 amide bonds. The molecule has 0 radical (unpaired) electrons. The molecular formula is C15H25N3O. The average Bonchev–Trinajstić information content (AvgIpc) is 2.40. The lowest BCUT2D eigenvalue weighted by atomic mass is 9.96. The summed E-state index contributed by atoms with van der Waals surface area (Å²) in [6, 6.07) is 5.68. The number of aryl methyl sites for hydroxylation is 1. The minimum absolute atomic E-state index is 0.0673. The Kier molecular flexibility index (Phi) is 5.83. The zero-order valence-corrected chi connectivity index (χ0v) is 12.3. The highest BCUT2D eigenvalue weighted by molar-refractivity contribution is 5.95. The van der Waals surface area contributed by atoms with Crippen LogP contribution < -0.4 is 16.4 Å². The maximum atomic E-state index is 11.6. The average molecular weight is 263 g/mol. The van der Waals surface area contributed by atoms with Crippen LogP contribution in [0.25, 0.3) is 0 Å². The summed E-state index contributed by atoms with van der Waals surface area (Å²) >= 11 is 0. The Morgan fingerprint density at radius 1 is 1.37 bits per heavy atom. The van der Waals surface area contributed by atoms with Crippen molar-refractivity contribution in [2.75, 3.05) is 25.5 Å². The Morgan fingerprint density at radius 2 is 2.05 bits per heavy atom. The summed E-state index contributed by atoms with van der Waals surface area (Å²) in [6.45, 7) is 7.87. The summed E-state index contributed by atoms with van der Waals surface area (Å²) in [6.07, 6.45) is 0. The van der Waals surface area contributed by atoms with Crippen molar-refractivity contribution in [3.05, 3.63) is 29.3 Å². The molecule has 1 unspecified atom stereocenters. The first-order valence-electron chi connectivity index (χ1n) is 6.76. The van der Waals surface area contributed by atoms with Crippen molar-refractivity contribution in [2.45, 2.75) is 20.8 Å². The van der Waals surface area contributed by atoms with Crippen LogP contribution in [0.5, 0.6) is 0 Å². The summed E-state index contributed by atoms with van der Waals surface area (Å²) in [5.41, 5.74) is 8.57. The summed E-state index contributed by atoms with van der Waals surface area (Å²) in [4.78, 5) is 11.6. The van der Waals surface area contributed by atoms with Crippen molar-refractivity contribution in [1.29, 1.82) is 0 Å². The van der Waals surface area contributed by atoms with Crippen molar-refractivity contribution in [2.24, 2.45) is 17.6 Å². The second kappa shape index (κ2) is 7.14. The number of nitrogens with one attached hydrogen (secondary N) is 2. The molecule has 0 spiro atoms. The van der Waals surface area contributed by atoms with Crippen LogP contribution in [0, 0.1) is 18.8 Å². The van der Waals surface area contributed by atoms with Gasteiger partial charge in [0.1, 0.15) is 0 Å². The standard InChI is InChI=1S/C15H25N3O/c1-10(2)13(8-16)9-18-14-7-12(15(19)17-4)6-5-11(14)3/h5-7,10,13,18H,8-9,16H2,1-4H3,(H,17,19). The molecule has 106 valence electrons. The monoisotopic (exact) mass is 263 g/mol. The van der Waals surface area contributed by atoms with Crippen LogP contribution in [0.2, 0.25) is 0 Å². The first kappa shape index (κ1) is 15.5. The van der Waals surface area contributed by atoms with Crippen LogP contribution in [0.1, 0.15) is 29.8 Å². The molecule has 0 saturated heterocycles. The first-order valence-corrected chi connectivity index (χ1v) is 6.76. The fourth-order valence-electron chi connectivity index (χ4n) is 1.93. The van der Waals surface area contributed by atoms with Crippen molar-refractivity contribution in [1.82, 2.24) is 5.32 Å². The molecular weight excluding hydrogens is 238 g/mol. The molecule has 0 aliphatic carbocycles. The van der Waals surface area contributed by atoms with E-state index in [1.54, 1.807) is 7.05 Å². The van der Waals surface area contributed by atoms with E-state index in [0.717, 1.165) is 17.8 Å². The lowest BCUT2D eigenvalue weighted by molar-refractivity contribution is 0.0963. The van der Waals surface area contributed by atoms with Gasteiger partial charge in [-0.2, -0.15) is 0 Å². The van der Waals surface area contributed by atoms with E-state index in [0.29, 0.717) is 23.9 Å². The normalized spacial score (nSPS) is 12.3. The van der Waals surface area contributed by atoms with Gasteiger partial charge in [0.25, 0.3) is 5.91 Å². The minimum Gasteiger partial charge on any atom is -0.384 e. The van der Waals surface area contributed by atoms with Gasteiger partial charge in [-0.3, -0.25) is 4.79 Å². The first-order chi connectivity index (χ1) is 8.99. The Labute approximate surface area is 115 Å². The smallest absolute Gasteiger partial charge is 0.251 e. The Morgan fingerprint density at radius 3 is 2.58 bits per heavy atom. The van der Waals surface area contributed by atoms with Crippen molar-refractivity contribution >= 4 is 11.6 Å². The number of carbonyl (C=O) groups is 1. The van der Waals surface area contributed by atoms with Gasteiger partial charge >= 0.3 is 0 Å². The second-order valence-electron chi connectivity index (χ2n) is 5.23. The number of hydrogen-bond acceptors (Lipinski definition) is 3. The van der Waals surface area contributed by atoms with Crippen LogP contribution in [-0.2, 0) is 0 Å². The van der Waals surface area contributed by atoms with Crippen molar-refractivity contribution < 1.29 is 4.79 Å². The molecule has 0 aliphatic heterocycles. The molecule has 0 aromatic heterocycles. The van der Waals surface area contributed by atoms with Gasteiger partial charge in [0, 0.05) is 24.8 Å². The van der Waals surface area contributed by atoms with Crippen molar-refractivity contribution in [3.8, 4) is 0 Å². The molecule has 0 aliphatic rings. The van der Waals surface area contributed by atoms with E-state index in [-0.39, 0.29) is 5.91 Å². The van der Waals surface area contributed by atoms with E-state index in [2.05, 4.69) is 24.5 Å². The van der Waals surface area contributed by atoms with E-state index in [9.17, 15) is 4.79 Å². The fourth-order valence-corrected chi connectivity index (χ4v) is 1.93. The van der Waals surface area contributed by atoms with Gasteiger partial charge in [-0.15, -0.1) is 0 Å². The highest BCUT2D eigenvalue weighted by Gasteiger charge is 2.12. The summed E-state index contributed by atoms with van der Waals surface area (Å²) in [5, 5.41) is 6.04. The van der Waals surface area contributed by atoms with Crippen LogP contribution in [0.15, 0.2) is 18.2 Å². The Bertz CT molecular complexity index is 429. The molecule has 0 fully saturated rings. The highest BCUT2D eigenvalue weighted by atomic mass is 16.1. The topological polar surface area (TPSA) is 67.2 Å². The third kappa shape index (κ3) is 4.24. The van der Waals surface area contributed by atoms with Gasteiger partial charge in [-0.25, -0.2) is 0 Å². The molecule has 1 atom stereocenters. The van der Waals surface area contributed by atoms with Gasteiger partial charge in [0.2, 0.25) is 0 Å². The molecule has 0 saturated carbocycles. The number of anilines is 1. The summed E-state index contributed by atoms with van der Waals surface area (Å²) < 4.78 is 0. The molecule has 1 rings (SSSR count). The van der Waals surface area contributed by atoms with Crippen molar-refractivity contribution in [3.63, 3.8) is 0 Å². The van der Waals surface area contributed by atoms with Crippen LogP contribution in [0.4, 0.5) is 5.69 Å². The van der Waals surface area contributed by atoms with Crippen LogP contribution >= 0.6 is 0 Å². The van der Waals surface area contributed by atoms with Gasteiger partial charge in [-0.05, 0) is 43.0 Å². The van der Waals surface area contributed by atoms with Gasteiger partial charge in [0.15, 0.2) is 0 Å². The predicted octanol–water partition coefficient (Wildman–Crippen LogP) is 2.00. The van der Waals surface area contributed by atoms with E-state index in [1.165, 1.54) is 0 Å². The quantitative estimate of drug-likeness (QED) is 0.735. The lowest BCUT2D eigenvalue weighted by Gasteiger charge is -2.21. The van der Waals surface area contributed by atoms with Gasteiger partial charge < -0.3 is 16.4 Å². The summed E-state index contributed by atoms with van der Waals surface area (Å²) in [5.74, 6) is 0.908. The zero-order chi connectivity index (χ0) is 14.4. The predicted molar refractivity (Wildman–Crippen MR) is 80.4 cm³/mol.